The standard InChI is InChI=1S/C11H8BrClN2O4S/c12-6-1-2-9(8(13)3-6)15-20(18,19)7-4-10(11(16)17)14-5-7/h1-5,14-15H,(H,16,17). The Bertz CT molecular complexity index is 772. The second-order valence-corrected chi connectivity index (χ2v) is 6.79. The number of aromatic amines is 1. The Hall–Kier alpha value is -1.51. The van der Waals surface area contributed by atoms with Crippen molar-refractivity contribution in [3.8, 4) is 0 Å². The molecule has 0 aliphatic rings. The van der Waals surface area contributed by atoms with Crippen LogP contribution < -0.4 is 4.72 Å². The molecule has 0 saturated carbocycles. The fraction of sp³-hybridized carbons (Fsp3) is 0. The highest BCUT2D eigenvalue weighted by Crippen LogP contribution is 2.27. The molecule has 6 nitrogen and oxygen atoms in total. The van der Waals surface area contributed by atoms with Crippen molar-refractivity contribution < 1.29 is 18.3 Å². The van der Waals surface area contributed by atoms with Crippen molar-refractivity contribution >= 4 is 49.2 Å². The van der Waals surface area contributed by atoms with E-state index in [0.717, 1.165) is 12.3 Å². The summed E-state index contributed by atoms with van der Waals surface area (Å²) in [6, 6.07) is 5.69. The molecule has 0 radical (unpaired) electrons. The van der Waals surface area contributed by atoms with Crippen LogP contribution >= 0.6 is 27.5 Å². The Morgan fingerprint density at radius 1 is 1.35 bits per heavy atom. The average molecular weight is 380 g/mol. The van der Waals surface area contributed by atoms with E-state index in [2.05, 4.69) is 25.6 Å². The van der Waals surface area contributed by atoms with Crippen LogP contribution in [0.1, 0.15) is 10.5 Å². The molecule has 20 heavy (non-hydrogen) atoms. The summed E-state index contributed by atoms with van der Waals surface area (Å²) in [4.78, 5) is 12.9. The second kappa shape index (κ2) is 5.47. The summed E-state index contributed by atoms with van der Waals surface area (Å²) < 4.78 is 27.2. The average Bonchev–Trinajstić information content (AvgIpc) is 2.83. The van der Waals surface area contributed by atoms with Crippen LogP contribution in [0.3, 0.4) is 0 Å². The van der Waals surface area contributed by atoms with Gasteiger partial charge in [-0.2, -0.15) is 0 Å². The minimum Gasteiger partial charge on any atom is -0.477 e. The minimum absolute atomic E-state index is 0.186. The van der Waals surface area contributed by atoms with Gasteiger partial charge in [-0.1, -0.05) is 27.5 Å². The normalized spacial score (nSPS) is 11.3. The van der Waals surface area contributed by atoms with Gasteiger partial charge in [0, 0.05) is 10.7 Å². The zero-order chi connectivity index (χ0) is 14.9. The van der Waals surface area contributed by atoms with Gasteiger partial charge in [0.2, 0.25) is 0 Å². The molecule has 0 atom stereocenters. The van der Waals surface area contributed by atoms with Gasteiger partial charge in [0.25, 0.3) is 10.0 Å². The van der Waals surface area contributed by atoms with Crippen molar-refractivity contribution in [2.45, 2.75) is 4.90 Å². The first-order valence-corrected chi connectivity index (χ1v) is 7.84. The summed E-state index contributed by atoms with van der Waals surface area (Å²) >= 11 is 9.13. The van der Waals surface area contributed by atoms with Crippen LogP contribution in [0.4, 0.5) is 5.69 Å². The van der Waals surface area contributed by atoms with E-state index in [-0.39, 0.29) is 21.3 Å². The first-order chi connectivity index (χ1) is 9.29. The molecule has 1 aromatic heterocycles. The Labute approximate surface area is 127 Å². The van der Waals surface area contributed by atoms with E-state index >= 15 is 0 Å². The number of carbonyl (C=O) groups is 1. The molecule has 0 bridgehead atoms. The zero-order valence-corrected chi connectivity index (χ0v) is 12.9. The number of benzene rings is 1. The molecular weight excluding hydrogens is 372 g/mol. The molecule has 0 unspecified atom stereocenters. The molecule has 3 N–H and O–H groups in total. The minimum atomic E-state index is -3.91. The van der Waals surface area contributed by atoms with Crippen LogP contribution in [0.25, 0.3) is 0 Å². The van der Waals surface area contributed by atoms with Crippen molar-refractivity contribution in [2.75, 3.05) is 4.72 Å². The summed E-state index contributed by atoms with van der Waals surface area (Å²) in [6.45, 7) is 0. The van der Waals surface area contributed by atoms with E-state index in [1.165, 1.54) is 6.07 Å². The summed E-state index contributed by atoms with van der Waals surface area (Å²) in [7, 11) is -3.91. The smallest absolute Gasteiger partial charge is 0.352 e. The topological polar surface area (TPSA) is 99.3 Å². The molecule has 106 valence electrons. The maximum atomic E-state index is 12.1. The zero-order valence-electron chi connectivity index (χ0n) is 9.72. The molecule has 0 spiro atoms. The first kappa shape index (κ1) is 14.9. The van der Waals surface area contributed by atoms with Crippen LogP contribution in [0, 0.1) is 0 Å². The van der Waals surface area contributed by atoms with Gasteiger partial charge in [0.05, 0.1) is 10.7 Å². The number of halogens is 2. The van der Waals surface area contributed by atoms with Crippen molar-refractivity contribution in [3.05, 3.63) is 45.7 Å². The van der Waals surface area contributed by atoms with Gasteiger partial charge in [0.15, 0.2) is 0 Å². The molecular formula is C11H8BrClN2O4S. The fourth-order valence-corrected chi connectivity index (χ4v) is 3.28. The summed E-state index contributed by atoms with van der Waals surface area (Å²) in [5.74, 6) is -1.24. The Morgan fingerprint density at radius 3 is 2.60 bits per heavy atom. The van der Waals surface area contributed by atoms with Crippen molar-refractivity contribution in [1.82, 2.24) is 4.98 Å². The molecule has 0 aliphatic carbocycles. The van der Waals surface area contributed by atoms with Gasteiger partial charge < -0.3 is 10.1 Å². The van der Waals surface area contributed by atoms with E-state index in [1.54, 1.807) is 12.1 Å². The third-order valence-corrected chi connectivity index (χ3v) is 4.52. The van der Waals surface area contributed by atoms with E-state index in [1.807, 2.05) is 0 Å². The molecule has 1 aromatic carbocycles. The summed E-state index contributed by atoms with van der Waals surface area (Å²) in [5, 5.41) is 8.97. The lowest BCUT2D eigenvalue weighted by atomic mass is 10.3. The number of carboxylic acid groups (broad SMARTS) is 1. The van der Waals surface area contributed by atoms with Gasteiger partial charge in [-0.3, -0.25) is 4.72 Å². The highest BCUT2D eigenvalue weighted by Gasteiger charge is 2.19. The summed E-state index contributed by atoms with van der Waals surface area (Å²) in [5.41, 5.74) is -0.0137. The molecule has 9 heteroatoms. The SMILES string of the molecule is O=C(O)c1cc(S(=O)(=O)Nc2ccc(Br)cc2Cl)c[nH]1. The lowest BCUT2D eigenvalue weighted by Crippen LogP contribution is -2.12. The largest absolute Gasteiger partial charge is 0.477 e. The number of anilines is 1. The molecule has 0 saturated heterocycles. The van der Waals surface area contributed by atoms with Crippen LogP contribution in [0.15, 0.2) is 39.8 Å². The highest BCUT2D eigenvalue weighted by molar-refractivity contribution is 9.10. The molecule has 2 aromatic rings. The molecule has 0 fully saturated rings. The number of aromatic carboxylic acids is 1. The molecule has 0 amide bonds. The number of carboxylic acids is 1. The molecule has 0 aliphatic heterocycles. The number of hydrogen-bond acceptors (Lipinski definition) is 3. The maximum Gasteiger partial charge on any atom is 0.352 e. The van der Waals surface area contributed by atoms with Gasteiger partial charge in [0.1, 0.15) is 10.6 Å². The fourth-order valence-electron chi connectivity index (χ4n) is 1.43. The second-order valence-electron chi connectivity index (χ2n) is 3.78. The number of aromatic nitrogens is 1. The van der Waals surface area contributed by atoms with Gasteiger partial charge in [-0.25, -0.2) is 13.2 Å². The number of rotatable bonds is 4. The van der Waals surface area contributed by atoms with Gasteiger partial charge in [-0.15, -0.1) is 0 Å². The van der Waals surface area contributed by atoms with E-state index in [0.29, 0.717) is 4.47 Å². The van der Waals surface area contributed by atoms with Crippen molar-refractivity contribution in [1.29, 1.82) is 0 Å². The van der Waals surface area contributed by atoms with E-state index in [4.69, 9.17) is 16.7 Å². The number of H-pyrrole nitrogens is 1. The first-order valence-electron chi connectivity index (χ1n) is 5.19. The summed E-state index contributed by atoms with van der Waals surface area (Å²) in [6.07, 6.45) is 1.10. The van der Waals surface area contributed by atoms with Crippen LogP contribution in [-0.2, 0) is 10.0 Å². The van der Waals surface area contributed by atoms with E-state index < -0.39 is 16.0 Å². The molecule has 1 heterocycles. The number of nitrogens with one attached hydrogen (secondary N) is 2. The number of sulfonamides is 1. The predicted octanol–water partition coefficient (Wildman–Crippen LogP) is 2.93. The monoisotopic (exact) mass is 378 g/mol. The maximum absolute atomic E-state index is 12.1. The van der Waals surface area contributed by atoms with Crippen molar-refractivity contribution in [3.63, 3.8) is 0 Å². The van der Waals surface area contributed by atoms with Crippen LogP contribution in [0.2, 0.25) is 5.02 Å². The van der Waals surface area contributed by atoms with Crippen LogP contribution in [-0.4, -0.2) is 24.5 Å². The van der Waals surface area contributed by atoms with Crippen LogP contribution in [0.5, 0.6) is 0 Å². The Morgan fingerprint density at radius 2 is 2.05 bits per heavy atom. The number of hydrogen-bond donors (Lipinski definition) is 3. The lowest BCUT2D eigenvalue weighted by molar-refractivity contribution is 0.0691. The molecule has 2 rings (SSSR count). The van der Waals surface area contributed by atoms with E-state index in [9.17, 15) is 13.2 Å². The predicted molar refractivity (Wildman–Crippen MR) is 77.7 cm³/mol. The third-order valence-electron chi connectivity index (χ3n) is 2.37. The quantitative estimate of drug-likeness (QED) is 0.760. The van der Waals surface area contributed by atoms with Crippen molar-refractivity contribution in [2.24, 2.45) is 0 Å². The lowest BCUT2D eigenvalue weighted by Gasteiger charge is -2.08. The Kier molecular flexibility index (Phi) is 4.07. The Balaban J connectivity index is 2.33. The highest BCUT2D eigenvalue weighted by atomic mass is 79.9. The van der Waals surface area contributed by atoms with Gasteiger partial charge >= 0.3 is 5.97 Å². The van der Waals surface area contributed by atoms with Gasteiger partial charge in [-0.05, 0) is 24.3 Å². The third kappa shape index (κ3) is 3.14.